The van der Waals surface area contributed by atoms with Crippen molar-refractivity contribution in [3.63, 3.8) is 0 Å². The standard InChI is InChI=1S/C10H16N4S/c11-7-10(9-1-2-12-8-13-9)14-3-5-15-6-4-14/h1-2,8,10H,3-7,11H2. The first-order valence-electron chi connectivity index (χ1n) is 5.19. The van der Waals surface area contributed by atoms with E-state index in [1.54, 1.807) is 12.5 Å². The molecule has 2 N–H and O–H groups in total. The monoisotopic (exact) mass is 224 g/mol. The Morgan fingerprint density at radius 1 is 1.47 bits per heavy atom. The molecule has 1 saturated heterocycles. The molecule has 15 heavy (non-hydrogen) atoms. The van der Waals surface area contributed by atoms with Gasteiger partial charge in [0.15, 0.2) is 0 Å². The van der Waals surface area contributed by atoms with Gasteiger partial charge in [-0.3, -0.25) is 4.90 Å². The van der Waals surface area contributed by atoms with E-state index in [0.29, 0.717) is 6.54 Å². The Labute approximate surface area is 94.3 Å². The molecule has 82 valence electrons. The minimum atomic E-state index is 0.258. The summed E-state index contributed by atoms with van der Waals surface area (Å²) < 4.78 is 0. The van der Waals surface area contributed by atoms with Gasteiger partial charge in [-0.05, 0) is 6.07 Å². The predicted molar refractivity (Wildman–Crippen MR) is 62.7 cm³/mol. The van der Waals surface area contributed by atoms with Gasteiger partial charge in [0.25, 0.3) is 0 Å². The average Bonchev–Trinajstić information content (AvgIpc) is 2.33. The Morgan fingerprint density at radius 3 is 2.87 bits per heavy atom. The largest absolute Gasteiger partial charge is 0.329 e. The van der Waals surface area contributed by atoms with Crippen molar-refractivity contribution in [3.8, 4) is 0 Å². The van der Waals surface area contributed by atoms with Crippen LogP contribution >= 0.6 is 11.8 Å². The number of thioether (sulfide) groups is 1. The van der Waals surface area contributed by atoms with Gasteiger partial charge in [0.1, 0.15) is 6.33 Å². The van der Waals surface area contributed by atoms with Gasteiger partial charge in [-0.1, -0.05) is 0 Å². The van der Waals surface area contributed by atoms with E-state index in [4.69, 9.17) is 5.73 Å². The summed E-state index contributed by atoms with van der Waals surface area (Å²) in [6.07, 6.45) is 3.38. The molecular formula is C10H16N4S. The maximum atomic E-state index is 5.83. The van der Waals surface area contributed by atoms with Crippen molar-refractivity contribution < 1.29 is 0 Å². The smallest absolute Gasteiger partial charge is 0.115 e. The van der Waals surface area contributed by atoms with Crippen LogP contribution in [0.2, 0.25) is 0 Å². The highest BCUT2D eigenvalue weighted by Crippen LogP contribution is 2.21. The fourth-order valence-corrected chi connectivity index (χ4v) is 2.78. The highest BCUT2D eigenvalue weighted by molar-refractivity contribution is 7.99. The fraction of sp³-hybridized carbons (Fsp3) is 0.600. The zero-order valence-corrected chi connectivity index (χ0v) is 9.49. The van der Waals surface area contributed by atoms with Crippen LogP contribution < -0.4 is 5.73 Å². The molecule has 2 heterocycles. The number of rotatable bonds is 3. The van der Waals surface area contributed by atoms with Gasteiger partial charge in [0.05, 0.1) is 11.7 Å². The second-order valence-electron chi connectivity index (χ2n) is 3.53. The molecule has 4 nitrogen and oxygen atoms in total. The van der Waals surface area contributed by atoms with Crippen molar-refractivity contribution >= 4 is 11.8 Å². The molecular weight excluding hydrogens is 208 g/mol. The minimum Gasteiger partial charge on any atom is -0.329 e. The Hall–Kier alpha value is -0.650. The number of nitrogens with zero attached hydrogens (tertiary/aromatic N) is 3. The van der Waals surface area contributed by atoms with Crippen LogP contribution in [-0.2, 0) is 0 Å². The molecule has 1 atom stereocenters. The van der Waals surface area contributed by atoms with Crippen molar-refractivity contribution in [3.05, 3.63) is 24.3 Å². The molecule has 0 amide bonds. The van der Waals surface area contributed by atoms with E-state index >= 15 is 0 Å². The second kappa shape index (κ2) is 5.44. The van der Waals surface area contributed by atoms with Crippen LogP contribution in [0.25, 0.3) is 0 Å². The fourth-order valence-electron chi connectivity index (χ4n) is 1.84. The quantitative estimate of drug-likeness (QED) is 0.811. The Kier molecular flexibility index (Phi) is 3.94. The second-order valence-corrected chi connectivity index (χ2v) is 4.76. The van der Waals surface area contributed by atoms with Crippen molar-refractivity contribution in [2.45, 2.75) is 6.04 Å². The Balaban J connectivity index is 2.09. The molecule has 0 spiro atoms. The van der Waals surface area contributed by atoms with E-state index in [-0.39, 0.29) is 6.04 Å². The Bertz CT molecular complexity index is 287. The highest BCUT2D eigenvalue weighted by Gasteiger charge is 2.21. The van der Waals surface area contributed by atoms with Gasteiger partial charge in [0.2, 0.25) is 0 Å². The van der Waals surface area contributed by atoms with Gasteiger partial charge in [-0.25, -0.2) is 9.97 Å². The number of aromatic nitrogens is 2. The lowest BCUT2D eigenvalue weighted by atomic mass is 10.1. The third-order valence-electron chi connectivity index (χ3n) is 2.66. The van der Waals surface area contributed by atoms with Crippen molar-refractivity contribution in [2.75, 3.05) is 31.1 Å². The summed E-state index contributed by atoms with van der Waals surface area (Å²) >= 11 is 2.01. The first-order chi connectivity index (χ1) is 7.42. The lowest BCUT2D eigenvalue weighted by Crippen LogP contribution is -2.39. The van der Waals surface area contributed by atoms with Gasteiger partial charge in [-0.15, -0.1) is 0 Å². The molecule has 1 aliphatic rings. The third-order valence-corrected chi connectivity index (χ3v) is 3.60. The minimum absolute atomic E-state index is 0.258. The summed E-state index contributed by atoms with van der Waals surface area (Å²) in [6.45, 7) is 2.84. The molecule has 1 aromatic rings. The van der Waals surface area contributed by atoms with Crippen LogP contribution in [0.5, 0.6) is 0 Å². The SMILES string of the molecule is NCC(c1ccncn1)N1CCSCC1. The molecule has 1 unspecified atom stereocenters. The van der Waals surface area contributed by atoms with Crippen LogP contribution in [-0.4, -0.2) is 46.0 Å². The summed E-state index contributed by atoms with van der Waals surface area (Å²) in [4.78, 5) is 10.6. The lowest BCUT2D eigenvalue weighted by Gasteiger charge is -2.33. The summed E-state index contributed by atoms with van der Waals surface area (Å²) in [7, 11) is 0. The van der Waals surface area contributed by atoms with E-state index in [9.17, 15) is 0 Å². The summed E-state index contributed by atoms with van der Waals surface area (Å²) in [5.74, 6) is 2.39. The van der Waals surface area contributed by atoms with E-state index in [2.05, 4.69) is 14.9 Å². The normalized spacial score (nSPS) is 20.1. The Morgan fingerprint density at radius 2 is 2.27 bits per heavy atom. The molecule has 0 bridgehead atoms. The maximum absolute atomic E-state index is 5.83. The molecule has 0 aliphatic carbocycles. The van der Waals surface area contributed by atoms with E-state index in [1.165, 1.54) is 11.5 Å². The van der Waals surface area contributed by atoms with Gasteiger partial charge in [0, 0.05) is 37.3 Å². The van der Waals surface area contributed by atoms with E-state index < -0.39 is 0 Å². The van der Waals surface area contributed by atoms with E-state index in [0.717, 1.165) is 18.8 Å². The summed E-state index contributed by atoms with van der Waals surface area (Å²) in [6, 6.07) is 2.22. The van der Waals surface area contributed by atoms with Gasteiger partial charge < -0.3 is 5.73 Å². The van der Waals surface area contributed by atoms with Crippen molar-refractivity contribution in [1.82, 2.24) is 14.9 Å². The molecule has 0 saturated carbocycles. The van der Waals surface area contributed by atoms with Gasteiger partial charge in [-0.2, -0.15) is 11.8 Å². The number of hydrogen-bond acceptors (Lipinski definition) is 5. The molecule has 1 aromatic heterocycles. The molecule has 2 rings (SSSR count). The summed E-state index contributed by atoms with van der Waals surface area (Å²) in [5, 5.41) is 0. The van der Waals surface area contributed by atoms with Crippen LogP contribution in [0, 0.1) is 0 Å². The van der Waals surface area contributed by atoms with Gasteiger partial charge >= 0.3 is 0 Å². The van der Waals surface area contributed by atoms with Crippen molar-refractivity contribution in [1.29, 1.82) is 0 Å². The third kappa shape index (κ3) is 2.68. The molecule has 1 aliphatic heterocycles. The highest BCUT2D eigenvalue weighted by atomic mass is 32.2. The molecule has 0 aromatic carbocycles. The maximum Gasteiger partial charge on any atom is 0.115 e. The average molecular weight is 224 g/mol. The van der Waals surface area contributed by atoms with E-state index in [1.807, 2.05) is 17.8 Å². The number of nitrogens with two attached hydrogens (primary N) is 1. The first kappa shape index (κ1) is 10.9. The number of hydrogen-bond donors (Lipinski definition) is 1. The summed E-state index contributed by atoms with van der Waals surface area (Å²) in [5.41, 5.74) is 6.87. The van der Waals surface area contributed by atoms with Crippen LogP contribution in [0.4, 0.5) is 0 Å². The first-order valence-corrected chi connectivity index (χ1v) is 6.35. The van der Waals surface area contributed by atoms with Crippen LogP contribution in [0.3, 0.4) is 0 Å². The molecule has 5 heteroatoms. The van der Waals surface area contributed by atoms with Crippen molar-refractivity contribution in [2.24, 2.45) is 5.73 Å². The van der Waals surface area contributed by atoms with Crippen LogP contribution in [0.1, 0.15) is 11.7 Å². The zero-order chi connectivity index (χ0) is 10.5. The topological polar surface area (TPSA) is 55.0 Å². The van der Waals surface area contributed by atoms with Crippen LogP contribution in [0.15, 0.2) is 18.6 Å². The lowest BCUT2D eigenvalue weighted by molar-refractivity contribution is 0.219. The zero-order valence-electron chi connectivity index (χ0n) is 8.67. The molecule has 0 radical (unpaired) electrons. The predicted octanol–water partition coefficient (Wildman–Crippen LogP) is 0.525. The molecule has 1 fully saturated rings.